The van der Waals surface area contributed by atoms with Crippen molar-refractivity contribution in [2.45, 2.75) is 84.3 Å². The van der Waals surface area contributed by atoms with Crippen molar-refractivity contribution in [3.63, 3.8) is 0 Å². The van der Waals surface area contributed by atoms with E-state index >= 15 is 0 Å². The molecule has 1 aliphatic heterocycles. The first kappa shape index (κ1) is 28.3. The molecule has 1 aliphatic rings. The summed E-state index contributed by atoms with van der Waals surface area (Å²) in [5.41, 5.74) is 0.263. The van der Waals surface area contributed by atoms with Gasteiger partial charge in [-0.05, 0) is 51.7 Å². The van der Waals surface area contributed by atoms with Crippen molar-refractivity contribution in [3.8, 4) is 11.5 Å². The molecule has 1 N–H and O–H groups in total. The Hall–Kier alpha value is -1.30. The molecule has 0 radical (unpaired) electrons. The number of fused-ring (bicyclic) bond motifs is 3. The normalized spacial score (nSPS) is 17.3. The van der Waals surface area contributed by atoms with E-state index in [0.717, 1.165) is 54.9 Å². The van der Waals surface area contributed by atoms with Gasteiger partial charge in [0.2, 0.25) is 0 Å². The van der Waals surface area contributed by atoms with Gasteiger partial charge < -0.3 is 23.6 Å². The van der Waals surface area contributed by atoms with Crippen LogP contribution < -0.4 is 9.47 Å². The van der Waals surface area contributed by atoms with Crippen LogP contribution in [0, 0.1) is 0 Å². The lowest BCUT2D eigenvalue weighted by Crippen LogP contribution is -2.34. The number of halogens is 1. The van der Waals surface area contributed by atoms with Crippen molar-refractivity contribution in [1.29, 1.82) is 0 Å². The highest BCUT2D eigenvalue weighted by Gasteiger charge is 2.34. The van der Waals surface area contributed by atoms with Crippen LogP contribution in [-0.4, -0.2) is 36.7 Å². The van der Waals surface area contributed by atoms with Crippen LogP contribution in [0.15, 0.2) is 24.3 Å². The average molecular weight is 527 g/mol. The molecule has 2 aromatic rings. The second-order valence-corrected chi connectivity index (χ2v) is 12.4. The SMILES string of the molecule is CCCOP(=O)(CCCCCCOc1cccc2c3c(cc(Cl)c12)C(O)CC(C)(C)O3)OCCC. The molecule has 0 spiro atoms. The predicted molar refractivity (Wildman–Crippen MR) is 142 cm³/mol. The van der Waals surface area contributed by atoms with E-state index < -0.39 is 19.3 Å². The highest BCUT2D eigenvalue weighted by Crippen LogP contribution is 2.50. The van der Waals surface area contributed by atoms with Crippen molar-refractivity contribution in [1.82, 2.24) is 0 Å². The van der Waals surface area contributed by atoms with Gasteiger partial charge in [-0.15, -0.1) is 0 Å². The fraction of sp³-hybridized carbons (Fsp3) is 0.630. The van der Waals surface area contributed by atoms with E-state index in [-0.39, 0.29) is 0 Å². The molecule has 1 unspecified atom stereocenters. The van der Waals surface area contributed by atoms with Crippen LogP contribution in [0.1, 0.15) is 84.3 Å². The topological polar surface area (TPSA) is 74.2 Å². The van der Waals surface area contributed by atoms with E-state index in [1.165, 1.54) is 0 Å². The molecule has 0 amide bonds. The maximum Gasteiger partial charge on any atom is 0.330 e. The number of aliphatic hydroxyl groups excluding tert-OH is 1. The van der Waals surface area contributed by atoms with Gasteiger partial charge in [0.1, 0.15) is 17.1 Å². The van der Waals surface area contributed by atoms with Crippen molar-refractivity contribution in [2.24, 2.45) is 0 Å². The Bertz CT molecular complexity index is 1010. The first-order valence-electron chi connectivity index (χ1n) is 12.8. The zero-order valence-electron chi connectivity index (χ0n) is 21.5. The molecule has 8 heteroatoms. The zero-order chi connectivity index (χ0) is 25.5. The molecule has 0 aromatic heterocycles. The highest BCUT2D eigenvalue weighted by molar-refractivity contribution is 7.53. The molecule has 0 saturated carbocycles. The van der Waals surface area contributed by atoms with Crippen molar-refractivity contribution in [3.05, 3.63) is 34.9 Å². The molecule has 2 aromatic carbocycles. The standard InChI is InChI=1S/C27H40ClO6P/c1-5-14-32-35(30,33-15-6-2)17-10-8-7-9-16-31-24-13-11-12-20-25(24)22(28)18-21-23(29)19-27(3,4)34-26(20)21/h11-13,18,23,29H,5-10,14-17,19H2,1-4H3. The van der Waals surface area contributed by atoms with Gasteiger partial charge in [0, 0.05) is 22.8 Å². The van der Waals surface area contributed by atoms with Crippen LogP contribution in [-0.2, 0) is 13.6 Å². The molecule has 0 bridgehead atoms. The summed E-state index contributed by atoms with van der Waals surface area (Å²) < 4.78 is 36.3. The van der Waals surface area contributed by atoms with Crippen LogP contribution in [0.3, 0.4) is 0 Å². The molecule has 1 heterocycles. The molecule has 1 atom stereocenters. The zero-order valence-corrected chi connectivity index (χ0v) is 23.1. The Morgan fingerprint density at radius 2 is 1.77 bits per heavy atom. The third-order valence-electron chi connectivity index (χ3n) is 6.04. The molecule has 196 valence electrons. The first-order valence-corrected chi connectivity index (χ1v) is 14.9. The van der Waals surface area contributed by atoms with Gasteiger partial charge in [0.15, 0.2) is 0 Å². The van der Waals surface area contributed by atoms with Gasteiger partial charge in [0.05, 0.1) is 37.1 Å². The summed E-state index contributed by atoms with van der Waals surface area (Å²) >= 11 is 6.63. The van der Waals surface area contributed by atoms with Crippen LogP contribution >= 0.6 is 19.2 Å². The number of hydrogen-bond donors (Lipinski definition) is 1. The summed E-state index contributed by atoms with van der Waals surface area (Å²) in [6, 6.07) is 7.60. The van der Waals surface area contributed by atoms with Crippen molar-refractivity contribution in [2.75, 3.05) is 26.0 Å². The maximum absolute atomic E-state index is 12.8. The summed E-state index contributed by atoms with van der Waals surface area (Å²) in [5, 5.41) is 12.8. The molecule has 35 heavy (non-hydrogen) atoms. The minimum absolute atomic E-state index is 0.458. The van der Waals surface area contributed by atoms with Crippen molar-refractivity contribution < 1.29 is 28.2 Å². The minimum Gasteiger partial charge on any atom is -0.493 e. The van der Waals surface area contributed by atoms with Gasteiger partial charge in [-0.2, -0.15) is 0 Å². The summed E-state index contributed by atoms with van der Waals surface area (Å²) in [7, 11) is -2.99. The van der Waals surface area contributed by atoms with Crippen LogP contribution in [0.25, 0.3) is 10.8 Å². The minimum atomic E-state index is -2.99. The summed E-state index contributed by atoms with van der Waals surface area (Å²) in [6.07, 6.45) is 5.56. The first-order chi connectivity index (χ1) is 16.7. The highest BCUT2D eigenvalue weighted by atomic mass is 35.5. The van der Waals surface area contributed by atoms with Crippen LogP contribution in [0.2, 0.25) is 5.02 Å². The largest absolute Gasteiger partial charge is 0.493 e. The Labute approximate surface area is 214 Å². The molecular weight excluding hydrogens is 487 g/mol. The van der Waals surface area contributed by atoms with Crippen LogP contribution in [0.4, 0.5) is 0 Å². The van der Waals surface area contributed by atoms with E-state index in [0.29, 0.717) is 48.9 Å². The van der Waals surface area contributed by atoms with Gasteiger partial charge in [0.25, 0.3) is 0 Å². The van der Waals surface area contributed by atoms with Gasteiger partial charge >= 0.3 is 7.60 Å². The number of ether oxygens (including phenoxy) is 2. The predicted octanol–water partition coefficient (Wildman–Crippen LogP) is 8.07. The fourth-order valence-electron chi connectivity index (χ4n) is 4.34. The lowest BCUT2D eigenvalue weighted by Gasteiger charge is -2.36. The molecule has 0 aliphatic carbocycles. The second-order valence-electron chi connectivity index (χ2n) is 9.80. The molecule has 0 saturated heterocycles. The Balaban J connectivity index is 1.55. The lowest BCUT2D eigenvalue weighted by atomic mass is 9.89. The van der Waals surface area contributed by atoms with Gasteiger partial charge in [-0.3, -0.25) is 4.57 Å². The van der Waals surface area contributed by atoms with Gasteiger partial charge in [-0.25, -0.2) is 0 Å². The molecular formula is C27H40ClO6P. The van der Waals surface area contributed by atoms with E-state index in [1.54, 1.807) is 6.07 Å². The quantitative estimate of drug-likeness (QED) is 0.198. The Kier molecular flexibility index (Phi) is 10.3. The number of benzene rings is 2. The van der Waals surface area contributed by atoms with E-state index in [9.17, 15) is 9.67 Å². The van der Waals surface area contributed by atoms with Crippen LogP contribution in [0.5, 0.6) is 11.5 Å². The number of unbranched alkanes of at least 4 members (excludes halogenated alkanes) is 3. The summed E-state index contributed by atoms with van der Waals surface area (Å²) in [6.45, 7) is 9.44. The Morgan fingerprint density at radius 1 is 1.09 bits per heavy atom. The summed E-state index contributed by atoms with van der Waals surface area (Å²) in [4.78, 5) is 0. The van der Waals surface area contributed by atoms with Gasteiger partial charge in [-0.1, -0.05) is 50.4 Å². The average Bonchev–Trinajstić information content (AvgIpc) is 2.81. The van der Waals surface area contributed by atoms with E-state index in [1.807, 2.05) is 45.9 Å². The lowest BCUT2D eigenvalue weighted by molar-refractivity contribution is 0.0130. The number of rotatable bonds is 14. The van der Waals surface area contributed by atoms with E-state index in [4.69, 9.17) is 30.1 Å². The third-order valence-corrected chi connectivity index (χ3v) is 8.36. The smallest absolute Gasteiger partial charge is 0.330 e. The third kappa shape index (κ3) is 7.60. The summed E-state index contributed by atoms with van der Waals surface area (Å²) in [5.74, 6) is 1.39. The molecule has 6 nitrogen and oxygen atoms in total. The van der Waals surface area contributed by atoms with E-state index in [2.05, 4.69) is 0 Å². The maximum atomic E-state index is 12.8. The monoisotopic (exact) mass is 526 g/mol. The Morgan fingerprint density at radius 3 is 2.46 bits per heavy atom. The number of hydrogen-bond acceptors (Lipinski definition) is 6. The number of aliphatic hydroxyl groups is 1. The molecule has 3 rings (SSSR count). The fourth-order valence-corrected chi connectivity index (χ4v) is 6.52. The molecule has 0 fully saturated rings. The van der Waals surface area contributed by atoms with Crippen molar-refractivity contribution >= 4 is 30.0 Å². The second kappa shape index (κ2) is 12.8.